The standard InChI is InChI=1S/C21H28N2O4/c24-20(22-17-3-1-2-4-17)14-23-9-7-15(8-10-23)21(25)16-5-6-18-19(13-16)27-12-11-26-18/h5-6,13,15,17H,1-4,7-12,14H2,(H,22,24)/p+1. The molecule has 1 aromatic rings. The minimum absolute atomic E-state index is 0.0363. The number of hydrogen-bond acceptors (Lipinski definition) is 4. The molecule has 4 rings (SSSR count). The van der Waals surface area contributed by atoms with E-state index >= 15 is 0 Å². The van der Waals surface area contributed by atoms with Gasteiger partial charge in [-0.2, -0.15) is 0 Å². The number of rotatable bonds is 5. The minimum atomic E-state index is 0.0363. The fourth-order valence-corrected chi connectivity index (χ4v) is 4.47. The van der Waals surface area contributed by atoms with Gasteiger partial charge in [-0.05, 0) is 31.0 Å². The molecule has 0 unspecified atom stereocenters. The highest BCUT2D eigenvalue weighted by atomic mass is 16.6. The molecule has 1 aromatic carbocycles. The molecular weight excluding hydrogens is 344 g/mol. The van der Waals surface area contributed by atoms with Gasteiger partial charge in [0.2, 0.25) is 0 Å². The van der Waals surface area contributed by atoms with E-state index in [0.29, 0.717) is 42.9 Å². The van der Waals surface area contributed by atoms with Crippen molar-refractivity contribution in [2.24, 2.45) is 5.92 Å². The number of ketones is 1. The first-order chi connectivity index (χ1) is 13.2. The van der Waals surface area contributed by atoms with Crippen molar-refractivity contribution in [1.29, 1.82) is 0 Å². The van der Waals surface area contributed by atoms with Gasteiger partial charge in [-0.3, -0.25) is 9.59 Å². The van der Waals surface area contributed by atoms with Crippen molar-refractivity contribution in [3.05, 3.63) is 23.8 Å². The molecule has 6 heteroatoms. The number of fused-ring (bicyclic) bond motifs is 1. The number of quaternary nitrogens is 1. The van der Waals surface area contributed by atoms with Gasteiger partial charge in [0.1, 0.15) is 13.2 Å². The van der Waals surface area contributed by atoms with Crippen LogP contribution < -0.4 is 19.7 Å². The maximum atomic E-state index is 12.9. The molecular formula is C21H29N2O4+. The Hall–Kier alpha value is -2.08. The Labute approximate surface area is 160 Å². The number of benzene rings is 1. The summed E-state index contributed by atoms with van der Waals surface area (Å²) in [5.74, 6) is 1.76. The van der Waals surface area contributed by atoms with Crippen molar-refractivity contribution < 1.29 is 24.0 Å². The van der Waals surface area contributed by atoms with Crippen LogP contribution in [0.4, 0.5) is 0 Å². The lowest BCUT2D eigenvalue weighted by molar-refractivity contribution is -0.897. The smallest absolute Gasteiger partial charge is 0.275 e. The van der Waals surface area contributed by atoms with Gasteiger partial charge in [0.15, 0.2) is 23.8 Å². The average Bonchev–Trinajstić information content (AvgIpc) is 3.20. The maximum Gasteiger partial charge on any atom is 0.275 e. The van der Waals surface area contributed by atoms with Crippen LogP contribution in [0.1, 0.15) is 48.9 Å². The highest BCUT2D eigenvalue weighted by Gasteiger charge is 2.30. The average molecular weight is 373 g/mol. The Morgan fingerprint density at radius 1 is 1.00 bits per heavy atom. The van der Waals surface area contributed by atoms with Crippen LogP contribution in [0.25, 0.3) is 0 Å². The molecule has 146 valence electrons. The zero-order valence-electron chi connectivity index (χ0n) is 15.8. The van der Waals surface area contributed by atoms with E-state index in [4.69, 9.17) is 9.47 Å². The Morgan fingerprint density at radius 2 is 1.70 bits per heavy atom. The number of likely N-dealkylation sites (tertiary alicyclic amines) is 1. The van der Waals surface area contributed by atoms with Crippen LogP contribution in [0.5, 0.6) is 11.5 Å². The van der Waals surface area contributed by atoms with E-state index in [-0.39, 0.29) is 17.6 Å². The molecule has 2 fully saturated rings. The molecule has 3 aliphatic rings. The van der Waals surface area contributed by atoms with Crippen LogP contribution in [0.2, 0.25) is 0 Å². The predicted molar refractivity (Wildman–Crippen MR) is 100 cm³/mol. The highest BCUT2D eigenvalue weighted by Crippen LogP contribution is 2.32. The largest absolute Gasteiger partial charge is 0.486 e. The zero-order chi connectivity index (χ0) is 18.6. The van der Waals surface area contributed by atoms with E-state index in [1.54, 1.807) is 0 Å². The van der Waals surface area contributed by atoms with Gasteiger partial charge in [-0.15, -0.1) is 0 Å². The Kier molecular flexibility index (Phi) is 5.62. The first-order valence-corrected chi connectivity index (χ1v) is 10.3. The van der Waals surface area contributed by atoms with E-state index in [1.807, 2.05) is 18.2 Å². The highest BCUT2D eigenvalue weighted by molar-refractivity contribution is 5.98. The fraction of sp³-hybridized carbons (Fsp3) is 0.619. The molecule has 27 heavy (non-hydrogen) atoms. The molecule has 0 aromatic heterocycles. The number of hydrogen-bond donors (Lipinski definition) is 2. The van der Waals surface area contributed by atoms with Gasteiger partial charge in [0.05, 0.1) is 13.1 Å². The molecule has 6 nitrogen and oxygen atoms in total. The molecule has 2 heterocycles. The molecule has 2 N–H and O–H groups in total. The zero-order valence-corrected chi connectivity index (χ0v) is 15.8. The minimum Gasteiger partial charge on any atom is -0.486 e. The summed E-state index contributed by atoms with van der Waals surface area (Å²) in [7, 11) is 0. The lowest BCUT2D eigenvalue weighted by atomic mass is 9.88. The molecule has 1 amide bonds. The SMILES string of the molecule is O=C(C[NH+]1CCC(C(=O)c2ccc3c(c2)OCCO3)CC1)NC1CCCC1. The van der Waals surface area contributed by atoms with Crippen molar-refractivity contribution in [1.82, 2.24) is 5.32 Å². The Bertz CT molecular complexity index is 691. The fourth-order valence-electron chi connectivity index (χ4n) is 4.47. The van der Waals surface area contributed by atoms with Gasteiger partial charge in [0.25, 0.3) is 5.91 Å². The van der Waals surface area contributed by atoms with Crippen molar-refractivity contribution in [2.75, 3.05) is 32.8 Å². The monoisotopic (exact) mass is 373 g/mol. The molecule has 0 atom stereocenters. The van der Waals surface area contributed by atoms with Crippen LogP contribution in [-0.2, 0) is 4.79 Å². The van der Waals surface area contributed by atoms with Gasteiger partial charge in [0, 0.05) is 30.4 Å². The quantitative estimate of drug-likeness (QED) is 0.756. The molecule has 0 spiro atoms. The summed E-state index contributed by atoms with van der Waals surface area (Å²) < 4.78 is 11.1. The number of carbonyl (C=O) groups is 2. The van der Waals surface area contributed by atoms with Crippen LogP contribution in [0.15, 0.2) is 18.2 Å². The summed E-state index contributed by atoms with van der Waals surface area (Å²) in [6.45, 7) is 3.35. The van der Waals surface area contributed by atoms with Gasteiger partial charge in [-0.25, -0.2) is 0 Å². The lowest BCUT2D eigenvalue weighted by Crippen LogP contribution is -3.14. The van der Waals surface area contributed by atoms with E-state index in [1.165, 1.54) is 17.7 Å². The number of amides is 1. The molecule has 1 saturated carbocycles. The number of Topliss-reactive ketones (excluding diaryl/α,β-unsaturated/α-hetero) is 1. The summed E-state index contributed by atoms with van der Waals surface area (Å²) in [5.41, 5.74) is 0.701. The number of nitrogens with one attached hydrogen (secondary N) is 2. The number of piperidine rings is 1. The van der Waals surface area contributed by atoms with E-state index in [9.17, 15) is 9.59 Å². The first kappa shape index (κ1) is 18.3. The maximum absolute atomic E-state index is 12.9. The topological polar surface area (TPSA) is 69.1 Å². The number of ether oxygens (including phenoxy) is 2. The molecule has 1 saturated heterocycles. The van der Waals surface area contributed by atoms with Crippen molar-refractivity contribution in [2.45, 2.75) is 44.6 Å². The van der Waals surface area contributed by atoms with Crippen LogP contribution in [-0.4, -0.2) is 50.6 Å². The second kappa shape index (κ2) is 8.30. The number of carbonyl (C=O) groups excluding carboxylic acids is 2. The van der Waals surface area contributed by atoms with Crippen LogP contribution >= 0.6 is 0 Å². The molecule has 1 aliphatic carbocycles. The first-order valence-electron chi connectivity index (χ1n) is 10.3. The lowest BCUT2D eigenvalue weighted by Gasteiger charge is -2.28. The van der Waals surface area contributed by atoms with Crippen molar-refractivity contribution in [3.63, 3.8) is 0 Å². The van der Waals surface area contributed by atoms with E-state index in [2.05, 4.69) is 5.32 Å². The predicted octanol–water partition coefficient (Wildman–Crippen LogP) is 0.994. The summed E-state index contributed by atoms with van der Waals surface area (Å²) >= 11 is 0. The third-order valence-electron chi connectivity index (χ3n) is 6.02. The summed E-state index contributed by atoms with van der Waals surface area (Å²) in [6.07, 6.45) is 6.36. The van der Waals surface area contributed by atoms with Crippen molar-refractivity contribution in [3.8, 4) is 11.5 Å². The van der Waals surface area contributed by atoms with Gasteiger partial charge < -0.3 is 19.7 Å². The molecule has 0 bridgehead atoms. The summed E-state index contributed by atoms with van der Waals surface area (Å²) in [4.78, 5) is 26.4. The Balaban J connectivity index is 1.27. The summed E-state index contributed by atoms with van der Waals surface area (Å²) in [5, 5.41) is 3.16. The van der Waals surface area contributed by atoms with Gasteiger partial charge in [-0.1, -0.05) is 12.8 Å². The van der Waals surface area contributed by atoms with Crippen molar-refractivity contribution >= 4 is 11.7 Å². The molecule has 0 radical (unpaired) electrons. The summed E-state index contributed by atoms with van der Waals surface area (Å²) in [6, 6.07) is 5.86. The third kappa shape index (κ3) is 4.43. The van der Waals surface area contributed by atoms with Crippen LogP contribution in [0.3, 0.4) is 0 Å². The Morgan fingerprint density at radius 3 is 2.44 bits per heavy atom. The second-order valence-electron chi connectivity index (χ2n) is 7.97. The van der Waals surface area contributed by atoms with E-state index in [0.717, 1.165) is 38.8 Å². The van der Waals surface area contributed by atoms with Crippen LogP contribution in [0, 0.1) is 5.92 Å². The molecule has 2 aliphatic heterocycles. The second-order valence-corrected chi connectivity index (χ2v) is 7.97. The van der Waals surface area contributed by atoms with E-state index < -0.39 is 0 Å². The third-order valence-corrected chi connectivity index (χ3v) is 6.02. The normalized spacial score (nSPS) is 25.2. The van der Waals surface area contributed by atoms with Gasteiger partial charge >= 0.3 is 0 Å².